The molecule has 0 bridgehead atoms. The molecule has 20 heavy (non-hydrogen) atoms. The summed E-state index contributed by atoms with van der Waals surface area (Å²) in [5.41, 5.74) is 1.23. The van der Waals surface area contributed by atoms with Crippen LogP contribution in [0.5, 0.6) is 5.75 Å². The summed E-state index contributed by atoms with van der Waals surface area (Å²) in [7, 11) is 0. The van der Waals surface area contributed by atoms with Gasteiger partial charge in [-0.3, -0.25) is 4.79 Å². The van der Waals surface area contributed by atoms with Crippen molar-refractivity contribution in [2.24, 2.45) is 0 Å². The summed E-state index contributed by atoms with van der Waals surface area (Å²) in [6.45, 7) is 4.80. The number of benzene rings is 1. The molecule has 5 nitrogen and oxygen atoms in total. The standard InChI is InChI=1S/C15H17N3O2/c1-2-10-18-15(14(12-19)16-17-18)9-6-11-20-13-7-4-3-5-8-13/h2-5,7-8,12H,1,6,9-11H2. The van der Waals surface area contributed by atoms with Crippen LogP contribution in [0.2, 0.25) is 0 Å². The molecule has 1 aromatic carbocycles. The minimum atomic E-state index is 0.395. The Morgan fingerprint density at radius 3 is 2.80 bits per heavy atom. The molecule has 1 aromatic heterocycles. The lowest BCUT2D eigenvalue weighted by atomic mass is 10.2. The van der Waals surface area contributed by atoms with Gasteiger partial charge < -0.3 is 4.74 Å². The van der Waals surface area contributed by atoms with E-state index in [9.17, 15) is 4.79 Å². The lowest BCUT2D eigenvalue weighted by Gasteiger charge is -2.07. The molecule has 2 rings (SSSR count). The number of nitrogens with zero attached hydrogens (tertiary/aromatic N) is 3. The molecule has 5 heteroatoms. The fraction of sp³-hybridized carbons (Fsp3) is 0.267. The predicted octanol–water partition coefficient (Wildman–Crippen LogP) is 2.29. The third-order valence-electron chi connectivity index (χ3n) is 2.85. The molecule has 104 valence electrons. The maximum Gasteiger partial charge on any atom is 0.172 e. The quantitative estimate of drug-likeness (QED) is 0.420. The van der Waals surface area contributed by atoms with E-state index in [1.165, 1.54) is 0 Å². The average molecular weight is 271 g/mol. The third kappa shape index (κ3) is 3.54. The van der Waals surface area contributed by atoms with Gasteiger partial charge in [-0.1, -0.05) is 29.5 Å². The van der Waals surface area contributed by atoms with Crippen LogP contribution in [-0.4, -0.2) is 27.9 Å². The number of allylic oxidation sites excluding steroid dienone is 1. The molecule has 1 heterocycles. The number of ether oxygens (including phenoxy) is 1. The highest BCUT2D eigenvalue weighted by atomic mass is 16.5. The van der Waals surface area contributed by atoms with Crippen molar-refractivity contribution in [2.75, 3.05) is 6.61 Å². The maximum absolute atomic E-state index is 10.9. The van der Waals surface area contributed by atoms with Crippen molar-refractivity contribution in [3.05, 3.63) is 54.4 Å². The van der Waals surface area contributed by atoms with Gasteiger partial charge in [-0.2, -0.15) is 0 Å². The Hall–Kier alpha value is -2.43. The molecule has 2 aromatic rings. The summed E-state index contributed by atoms with van der Waals surface area (Å²) >= 11 is 0. The van der Waals surface area contributed by atoms with Crippen molar-refractivity contribution in [1.82, 2.24) is 15.0 Å². The van der Waals surface area contributed by atoms with E-state index in [4.69, 9.17) is 4.74 Å². The smallest absolute Gasteiger partial charge is 0.172 e. The maximum atomic E-state index is 10.9. The van der Waals surface area contributed by atoms with Crippen molar-refractivity contribution in [3.63, 3.8) is 0 Å². The molecule has 0 saturated carbocycles. The molecule has 0 fully saturated rings. The van der Waals surface area contributed by atoms with Gasteiger partial charge in [-0.15, -0.1) is 11.7 Å². The Morgan fingerprint density at radius 1 is 1.30 bits per heavy atom. The van der Waals surface area contributed by atoms with Crippen molar-refractivity contribution in [2.45, 2.75) is 19.4 Å². The average Bonchev–Trinajstić information content (AvgIpc) is 2.87. The second kappa shape index (κ2) is 7.23. The van der Waals surface area contributed by atoms with Gasteiger partial charge in [0.1, 0.15) is 11.4 Å². The zero-order chi connectivity index (χ0) is 14.2. The van der Waals surface area contributed by atoms with Crippen LogP contribution in [0.1, 0.15) is 22.6 Å². The molecule has 0 radical (unpaired) electrons. The number of aldehydes is 1. The van der Waals surface area contributed by atoms with Gasteiger partial charge in [-0.25, -0.2) is 4.68 Å². The Kier molecular flexibility index (Phi) is 5.06. The first-order valence-electron chi connectivity index (χ1n) is 6.51. The number of carbonyl (C=O) groups excluding carboxylic acids is 1. The molecule has 0 spiro atoms. The van der Waals surface area contributed by atoms with Gasteiger partial charge >= 0.3 is 0 Å². The SMILES string of the molecule is C=CCn1nnc(C=O)c1CCCOc1ccccc1. The monoisotopic (exact) mass is 271 g/mol. The third-order valence-corrected chi connectivity index (χ3v) is 2.85. The first-order chi connectivity index (χ1) is 9.85. The van der Waals surface area contributed by atoms with Gasteiger partial charge in [0.05, 0.1) is 18.8 Å². The van der Waals surface area contributed by atoms with E-state index >= 15 is 0 Å². The molecular weight excluding hydrogens is 254 g/mol. The minimum absolute atomic E-state index is 0.395. The molecule has 0 atom stereocenters. The number of carbonyl (C=O) groups is 1. The normalized spacial score (nSPS) is 10.2. The van der Waals surface area contributed by atoms with Crippen LogP contribution in [0.15, 0.2) is 43.0 Å². The molecule has 0 aliphatic carbocycles. The molecule has 0 aliphatic rings. The minimum Gasteiger partial charge on any atom is -0.494 e. The fourth-order valence-corrected chi connectivity index (χ4v) is 1.91. The first kappa shape index (κ1) is 14.0. The van der Waals surface area contributed by atoms with Gasteiger partial charge in [0.15, 0.2) is 6.29 Å². The van der Waals surface area contributed by atoms with E-state index < -0.39 is 0 Å². The van der Waals surface area contributed by atoms with Crippen molar-refractivity contribution in [3.8, 4) is 5.75 Å². The number of hydrogen-bond acceptors (Lipinski definition) is 4. The Balaban J connectivity index is 1.88. The van der Waals surface area contributed by atoms with E-state index in [-0.39, 0.29) is 0 Å². The second-order valence-corrected chi connectivity index (χ2v) is 4.28. The van der Waals surface area contributed by atoms with Crippen LogP contribution in [0.4, 0.5) is 0 Å². The molecule has 0 N–H and O–H groups in total. The Labute approximate surface area is 117 Å². The molecule has 0 saturated heterocycles. The summed E-state index contributed by atoms with van der Waals surface area (Å²) in [4.78, 5) is 10.9. The highest BCUT2D eigenvalue weighted by Gasteiger charge is 2.10. The summed E-state index contributed by atoms with van der Waals surface area (Å²) in [5.74, 6) is 0.848. The number of rotatable bonds is 8. The topological polar surface area (TPSA) is 57.0 Å². The highest BCUT2D eigenvalue weighted by molar-refractivity contribution is 5.73. The van der Waals surface area contributed by atoms with Crippen LogP contribution in [-0.2, 0) is 13.0 Å². The lowest BCUT2D eigenvalue weighted by Crippen LogP contribution is -2.07. The number of aromatic nitrogens is 3. The molecule has 0 unspecified atom stereocenters. The second-order valence-electron chi connectivity index (χ2n) is 4.28. The zero-order valence-electron chi connectivity index (χ0n) is 11.2. The van der Waals surface area contributed by atoms with Crippen LogP contribution < -0.4 is 4.74 Å². The van der Waals surface area contributed by atoms with Gasteiger partial charge in [-0.05, 0) is 25.0 Å². The first-order valence-corrected chi connectivity index (χ1v) is 6.51. The van der Waals surface area contributed by atoms with Crippen LogP contribution in [0.3, 0.4) is 0 Å². The number of hydrogen-bond donors (Lipinski definition) is 0. The van der Waals surface area contributed by atoms with Crippen LogP contribution >= 0.6 is 0 Å². The summed E-state index contributed by atoms with van der Waals surface area (Å²) in [5, 5.41) is 7.78. The van der Waals surface area contributed by atoms with E-state index in [1.807, 2.05) is 30.3 Å². The van der Waals surface area contributed by atoms with E-state index in [2.05, 4.69) is 16.9 Å². The lowest BCUT2D eigenvalue weighted by molar-refractivity contribution is 0.111. The summed E-state index contributed by atoms with van der Waals surface area (Å²) < 4.78 is 7.31. The van der Waals surface area contributed by atoms with Crippen LogP contribution in [0.25, 0.3) is 0 Å². The molecule has 0 aliphatic heterocycles. The van der Waals surface area contributed by atoms with Crippen LogP contribution in [0, 0.1) is 0 Å². The van der Waals surface area contributed by atoms with Crippen molar-refractivity contribution >= 4 is 6.29 Å². The van der Waals surface area contributed by atoms with Gasteiger partial charge in [0.2, 0.25) is 0 Å². The number of para-hydroxylation sites is 1. The zero-order valence-corrected chi connectivity index (χ0v) is 11.2. The van der Waals surface area contributed by atoms with E-state index in [0.717, 1.165) is 24.2 Å². The van der Waals surface area contributed by atoms with E-state index in [1.54, 1.807) is 10.8 Å². The largest absolute Gasteiger partial charge is 0.494 e. The highest BCUT2D eigenvalue weighted by Crippen LogP contribution is 2.11. The van der Waals surface area contributed by atoms with Gasteiger partial charge in [0.25, 0.3) is 0 Å². The Bertz CT molecular complexity index is 564. The van der Waals surface area contributed by atoms with Crippen molar-refractivity contribution in [1.29, 1.82) is 0 Å². The summed E-state index contributed by atoms with van der Waals surface area (Å²) in [6.07, 6.45) is 3.95. The molecule has 0 amide bonds. The van der Waals surface area contributed by atoms with Gasteiger partial charge in [0, 0.05) is 0 Å². The predicted molar refractivity (Wildman–Crippen MR) is 75.9 cm³/mol. The fourth-order valence-electron chi connectivity index (χ4n) is 1.91. The van der Waals surface area contributed by atoms with E-state index in [0.29, 0.717) is 25.3 Å². The summed E-state index contributed by atoms with van der Waals surface area (Å²) in [6, 6.07) is 9.65. The van der Waals surface area contributed by atoms with Crippen molar-refractivity contribution < 1.29 is 9.53 Å². The molecular formula is C15H17N3O2. The Morgan fingerprint density at radius 2 is 2.10 bits per heavy atom.